The Balaban J connectivity index is 2.06. The van der Waals surface area contributed by atoms with Crippen LogP contribution in [0.2, 0.25) is 0 Å². The minimum absolute atomic E-state index is 0.438. The lowest BCUT2D eigenvalue weighted by Crippen LogP contribution is -2.01. The van der Waals surface area contributed by atoms with Gasteiger partial charge in [-0.1, -0.05) is 18.2 Å². The molecule has 3 N–H and O–H groups in total. The highest BCUT2D eigenvalue weighted by molar-refractivity contribution is 5.86. The van der Waals surface area contributed by atoms with E-state index in [1.165, 1.54) is 0 Å². The predicted molar refractivity (Wildman–Crippen MR) is 75.9 cm³/mol. The number of anilines is 1. The van der Waals surface area contributed by atoms with Gasteiger partial charge in [0.25, 0.3) is 0 Å². The number of hydrogen-bond donors (Lipinski definition) is 2. The van der Waals surface area contributed by atoms with E-state index in [-0.39, 0.29) is 0 Å². The van der Waals surface area contributed by atoms with E-state index in [0.29, 0.717) is 22.5 Å². The highest BCUT2D eigenvalue weighted by atomic mass is 16.4. The predicted octanol–water partition coefficient (Wildman–Crippen LogP) is 2.04. The van der Waals surface area contributed by atoms with Gasteiger partial charge in [-0.3, -0.25) is 4.98 Å². The van der Waals surface area contributed by atoms with Crippen LogP contribution in [-0.2, 0) is 0 Å². The van der Waals surface area contributed by atoms with Crippen LogP contribution >= 0.6 is 0 Å². The zero-order valence-corrected chi connectivity index (χ0v) is 10.3. The molecule has 6 nitrogen and oxygen atoms in total. The molecule has 0 saturated carbocycles. The maximum atomic E-state index is 11.2. The fraction of sp³-hybridized carbons (Fsp3) is 0. The summed E-state index contributed by atoms with van der Waals surface area (Å²) in [6, 6.07) is 11.2. The van der Waals surface area contributed by atoms with E-state index >= 15 is 0 Å². The van der Waals surface area contributed by atoms with Gasteiger partial charge in [0, 0.05) is 11.5 Å². The highest BCUT2D eigenvalue weighted by Gasteiger charge is 2.11. The summed E-state index contributed by atoms with van der Waals surface area (Å²) in [7, 11) is 0. The Hall–Kier alpha value is -3.02. The number of oxazole rings is 1. The Morgan fingerprint density at radius 2 is 2.10 bits per heavy atom. The minimum Gasteiger partial charge on any atom is -0.408 e. The average Bonchev–Trinajstić information content (AvgIpc) is 3.00. The number of fused-ring (bicyclic) bond motifs is 2. The van der Waals surface area contributed by atoms with E-state index in [2.05, 4.69) is 10.1 Å². The molecule has 20 heavy (non-hydrogen) atoms. The van der Waals surface area contributed by atoms with Crippen LogP contribution in [-0.4, -0.2) is 14.8 Å². The molecule has 6 heteroatoms. The third kappa shape index (κ3) is 1.45. The molecule has 0 saturated heterocycles. The lowest BCUT2D eigenvalue weighted by Gasteiger charge is -2.06. The van der Waals surface area contributed by atoms with Crippen LogP contribution in [0, 0.1) is 0 Å². The standard InChI is InChI=1S/C14H10N4O2/c15-9-5-13-10(17-14(19)20-13)6-12(9)18-11-4-2-1-3-8(11)7-16-18/h1-7H,15H2,(H,17,19). The lowest BCUT2D eigenvalue weighted by atomic mass is 10.2. The number of H-pyrrole nitrogens is 1. The number of benzene rings is 2. The third-order valence-corrected chi connectivity index (χ3v) is 3.27. The maximum absolute atomic E-state index is 11.2. The Morgan fingerprint density at radius 3 is 3.00 bits per heavy atom. The van der Waals surface area contributed by atoms with Crippen LogP contribution in [0.4, 0.5) is 5.69 Å². The quantitative estimate of drug-likeness (QED) is 0.516. The molecular weight excluding hydrogens is 256 g/mol. The van der Waals surface area contributed by atoms with Crippen LogP contribution in [0.15, 0.2) is 51.8 Å². The van der Waals surface area contributed by atoms with Crippen molar-refractivity contribution in [3.8, 4) is 5.69 Å². The fourth-order valence-electron chi connectivity index (χ4n) is 2.35. The molecule has 0 atom stereocenters. The third-order valence-electron chi connectivity index (χ3n) is 3.27. The van der Waals surface area contributed by atoms with Crippen molar-refractivity contribution in [2.75, 3.05) is 5.73 Å². The smallest absolute Gasteiger partial charge is 0.408 e. The molecule has 0 amide bonds. The van der Waals surface area contributed by atoms with E-state index in [9.17, 15) is 4.79 Å². The van der Waals surface area contributed by atoms with E-state index in [1.54, 1.807) is 23.0 Å². The molecule has 2 aromatic carbocycles. The van der Waals surface area contributed by atoms with E-state index in [0.717, 1.165) is 10.9 Å². The number of aromatic amines is 1. The number of aromatic nitrogens is 3. The number of rotatable bonds is 1. The first-order valence-corrected chi connectivity index (χ1v) is 6.08. The van der Waals surface area contributed by atoms with Gasteiger partial charge in [-0.15, -0.1) is 0 Å². The van der Waals surface area contributed by atoms with Crippen molar-refractivity contribution in [1.82, 2.24) is 14.8 Å². The van der Waals surface area contributed by atoms with E-state index in [1.807, 2.05) is 24.3 Å². The zero-order valence-electron chi connectivity index (χ0n) is 10.3. The second-order valence-corrected chi connectivity index (χ2v) is 4.54. The monoisotopic (exact) mass is 266 g/mol. The first-order chi connectivity index (χ1) is 9.72. The average molecular weight is 266 g/mol. The van der Waals surface area contributed by atoms with Crippen LogP contribution in [0.3, 0.4) is 0 Å². The highest BCUT2D eigenvalue weighted by Crippen LogP contribution is 2.26. The van der Waals surface area contributed by atoms with Crippen molar-refractivity contribution >= 4 is 27.7 Å². The summed E-state index contributed by atoms with van der Waals surface area (Å²) < 4.78 is 6.73. The second kappa shape index (κ2) is 3.74. The van der Waals surface area contributed by atoms with E-state index < -0.39 is 5.76 Å². The lowest BCUT2D eigenvalue weighted by molar-refractivity contribution is 0.555. The Labute approximate surface area is 112 Å². The van der Waals surface area contributed by atoms with E-state index in [4.69, 9.17) is 10.2 Å². The topological polar surface area (TPSA) is 89.8 Å². The van der Waals surface area contributed by atoms with Gasteiger partial charge in [-0.25, -0.2) is 9.48 Å². The molecule has 2 aromatic heterocycles. The summed E-state index contributed by atoms with van der Waals surface area (Å²) in [5.74, 6) is -0.498. The Morgan fingerprint density at radius 1 is 1.25 bits per heavy atom. The van der Waals surface area contributed by atoms with Gasteiger partial charge in [0.1, 0.15) is 0 Å². The number of nitrogens with one attached hydrogen (secondary N) is 1. The molecule has 0 aliphatic heterocycles. The van der Waals surface area contributed by atoms with Crippen LogP contribution in [0.25, 0.3) is 27.7 Å². The van der Waals surface area contributed by atoms with Gasteiger partial charge in [0.05, 0.1) is 28.6 Å². The molecule has 2 heterocycles. The van der Waals surface area contributed by atoms with Crippen LogP contribution in [0.1, 0.15) is 0 Å². The molecule has 0 aliphatic rings. The van der Waals surface area contributed by atoms with Gasteiger partial charge in [0.15, 0.2) is 5.58 Å². The van der Waals surface area contributed by atoms with Gasteiger partial charge >= 0.3 is 5.76 Å². The first kappa shape index (κ1) is 10.9. The molecular formula is C14H10N4O2. The van der Waals surface area contributed by atoms with Gasteiger partial charge in [0.2, 0.25) is 0 Å². The van der Waals surface area contributed by atoms with Crippen molar-refractivity contribution in [1.29, 1.82) is 0 Å². The fourth-order valence-corrected chi connectivity index (χ4v) is 2.35. The van der Waals surface area contributed by atoms with Gasteiger partial charge in [-0.2, -0.15) is 5.10 Å². The second-order valence-electron chi connectivity index (χ2n) is 4.54. The van der Waals surface area contributed by atoms with Gasteiger partial charge in [-0.05, 0) is 12.1 Å². The molecule has 4 rings (SSSR count). The number of hydrogen-bond acceptors (Lipinski definition) is 4. The number of para-hydroxylation sites is 1. The first-order valence-electron chi connectivity index (χ1n) is 6.08. The van der Waals surface area contributed by atoms with Crippen molar-refractivity contribution < 1.29 is 4.42 Å². The summed E-state index contributed by atoms with van der Waals surface area (Å²) in [5.41, 5.74) is 9.22. The van der Waals surface area contributed by atoms with Gasteiger partial charge < -0.3 is 10.2 Å². The molecule has 0 spiro atoms. The molecule has 0 radical (unpaired) electrons. The van der Waals surface area contributed by atoms with Crippen molar-refractivity contribution in [2.45, 2.75) is 0 Å². The van der Waals surface area contributed by atoms with Crippen molar-refractivity contribution in [3.05, 3.63) is 53.1 Å². The molecule has 4 aromatic rings. The summed E-state index contributed by atoms with van der Waals surface area (Å²) in [4.78, 5) is 13.8. The SMILES string of the molecule is Nc1cc2oc(=O)[nH]c2cc1-n1ncc2ccccc21. The Bertz CT molecular complexity index is 993. The normalized spacial score (nSPS) is 11.4. The molecule has 0 bridgehead atoms. The molecule has 0 fully saturated rings. The largest absolute Gasteiger partial charge is 0.417 e. The molecule has 0 unspecified atom stereocenters. The van der Waals surface area contributed by atoms with Crippen molar-refractivity contribution in [3.63, 3.8) is 0 Å². The zero-order chi connectivity index (χ0) is 13.7. The minimum atomic E-state index is -0.498. The Kier molecular flexibility index (Phi) is 2.03. The molecule has 0 aliphatic carbocycles. The van der Waals surface area contributed by atoms with Crippen molar-refractivity contribution in [2.24, 2.45) is 0 Å². The summed E-state index contributed by atoms with van der Waals surface area (Å²) in [5, 5.41) is 5.38. The molecule has 98 valence electrons. The number of nitrogens with zero attached hydrogens (tertiary/aromatic N) is 2. The summed E-state index contributed by atoms with van der Waals surface area (Å²) in [6.07, 6.45) is 1.77. The summed E-state index contributed by atoms with van der Waals surface area (Å²) >= 11 is 0. The van der Waals surface area contributed by atoms with Crippen LogP contribution < -0.4 is 11.5 Å². The summed E-state index contributed by atoms with van der Waals surface area (Å²) in [6.45, 7) is 0. The van der Waals surface area contributed by atoms with Crippen LogP contribution in [0.5, 0.6) is 0 Å². The number of nitrogen functional groups attached to an aromatic ring is 1. The number of nitrogens with two attached hydrogens (primary N) is 1. The maximum Gasteiger partial charge on any atom is 0.417 e.